The van der Waals surface area contributed by atoms with Crippen LogP contribution in [0.5, 0.6) is 0 Å². The Kier molecular flexibility index (Phi) is 8.80. The lowest BCUT2D eigenvalue weighted by Crippen LogP contribution is -2.16. The van der Waals surface area contributed by atoms with Gasteiger partial charge in [0.05, 0.1) is 5.92 Å². The lowest BCUT2D eigenvalue weighted by atomic mass is 9.90. The van der Waals surface area contributed by atoms with Crippen LogP contribution in [0.3, 0.4) is 0 Å². The van der Waals surface area contributed by atoms with Gasteiger partial charge in [-0.2, -0.15) is 0 Å². The van der Waals surface area contributed by atoms with Gasteiger partial charge in [0.1, 0.15) is 0 Å². The molecule has 0 rings (SSSR count). The average molecular weight is 258 g/mol. The Labute approximate surface area is 115 Å². The Morgan fingerprint density at radius 1 is 1.21 bits per heavy atom. The van der Waals surface area contributed by atoms with Gasteiger partial charge in [-0.05, 0) is 31.4 Å². The maximum absolute atomic E-state index is 11.4. The maximum Gasteiger partial charge on any atom is 0.311 e. The molecule has 1 atom stereocenters. The number of hydrogen-bond donors (Lipinski definition) is 1. The molecule has 0 aromatic rings. The van der Waals surface area contributed by atoms with E-state index in [1.165, 1.54) is 0 Å². The molecule has 0 aromatic carbocycles. The lowest BCUT2D eigenvalue weighted by molar-refractivity contribution is -0.140. The summed E-state index contributed by atoms with van der Waals surface area (Å²) in [7, 11) is 0. The predicted molar refractivity (Wildman–Crippen MR) is 81.9 cm³/mol. The molecule has 0 bridgehead atoms. The molecule has 102 valence electrons. The van der Waals surface area contributed by atoms with E-state index in [0.29, 0.717) is 6.42 Å². The van der Waals surface area contributed by atoms with Gasteiger partial charge in [0, 0.05) is 0 Å². The first-order valence-corrected chi connectivity index (χ1v) is 6.23. The third-order valence-corrected chi connectivity index (χ3v) is 2.57. The number of hydrogen-bond acceptors (Lipinski definition) is 1. The SMILES string of the molecule is C=CC=C(C=CC)C(CC(C=C)=CC=CC)C(=O)O. The van der Waals surface area contributed by atoms with Crippen LogP contribution in [0, 0.1) is 5.92 Å². The number of carboxylic acid groups (broad SMARTS) is 1. The van der Waals surface area contributed by atoms with Crippen molar-refractivity contribution < 1.29 is 9.90 Å². The smallest absolute Gasteiger partial charge is 0.311 e. The first-order chi connectivity index (χ1) is 9.10. The topological polar surface area (TPSA) is 37.3 Å². The van der Waals surface area contributed by atoms with Crippen LogP contribution in [0.15, 0.2) is 72.9 Å². The summed E-state index contributed by atoms with van der Waals surface area (Å²) >= 11 is 0. The molecule has 0 aliphatic heterocycles. The third kappa shape index (κ3) is 6.41. The van der Waals surface area contributed by atoms with E-state index in [-0.39, 0.29) is 0 Å². The fourth-order valence-corrected chi connectivity index (χ4v) is 1.64. The van der Waals surface area contributed by atoms with Gasteiger partial charge in [0.2, 0.25) is 0 Å². The maximum atomic E-state index is 11.4. The molecule has 0 aliphatic rings. The standard InChI is InChI=1S/C17H22O2/c1-5-9-12-14(8-4)13-16(17(18)19)15(10-6-2)11-7-3/h5-12,16H,2,4,13H2,1,3H3,(H,18,19). The predicted octanol–water partition coefficient (Wildman–Crippen LogP) is 4.45. The molecule has 0 fully saturated rings. The quantitative estimate of drug-likeness (QED) is 0.653. The number of carbonyl (C=O) groups is 1. The van der Waals surface area contributed by atoms with Crippen LogP contribution in [0.2, 0.25) is 0 Å². The van der Waals surface area contributed by atoms with Gasteiger partial charge in [0.25, 0.3) is 0 Å². The summed E-state index contributed by atoms with van der Waals surface area (Å²) in [5.74, 6) is -1.44. The molecule has 0 heterocycles. The second kappa shape index (κ2) is 9.89. The molecule has 2 nitrogen and oxygen atoms in total. The number of rotatable bonds is 8. The average Bonchev–Trinajstić information content (AvgIpc) is 2.38. The van der Waals surface area contributed by atoms with Crippen LogP contribution in [0.4, 0.5) is 0 Å². The van der Waals surface area contributed by atoms with Crippen LogP contribution < -0.4 is 0 Å². The van der Waals surface area contributed by atoms with Gasteiger partial charge in [-0.1, -0.05) is 61.8 Å². The Balaban J connectivity index is 5.32. The minimum atomic E-state index is -0.848. The molecule has 2 heteroatoms. The molecule has 0 spiro atoms. The summed E-state index contributed by atoms with van der Waals surface area (Å²) in [5, 5.41) is 9.38. The van der Waals surface area contributed by atoms with Crippen LogP contribution in [0.1, 0.15) is 20.3 Å². The molecule has 1 N–H and O–H groups in total. The Morgan fingerprint density at radius 3 is 2.32 bits per heavy atom. The van der Waals surface area contributed by atoms with Crippen LogP contribution in [-0.4, -0.2) is 11.1 Å². The van der Waals surface area contributed by atoms with Crippen LogP contribution in [0.25, 0.3) is 0 Å². The first kappa shape index (κ1) is 16.9. The van der Waals surface area contributed by atoms with E-state index < -0.39 is 11.9 Å². The van der Waals surface area contributed by atoms with Crippen LogP contribution >= 0.6 is 0 Å². The highest BCUT2D eigenvalue weighted by atomic mass is 16.4. The van der Waals surface area contributed by atoms with E-state index in [0.717, 1.165) is 11.1 Å². The van der Waals surface area contributed by atoms with Crippen LogP contribution in [-0.2, 0) is 4.79 Å². The molecule has 0 saturated carbocycles. The van der Waals surface area contributed by atoms with Gasteiger partial charge in [-0.15, -0.1) is 0 Å². The molecule has 0 amide bonds. The minimum Gasteiger partial charge on any atom is -0.481 e. The highest BCUT2D eigenvalue weighted by Crippen LogP contribution is 2.22. The number of aliphatic carboxylic acids is 1. The zero-order valence-corrected chi connectivity index (χ0v) is 11.7. The van der Waals surface area contributed by atoms with E-state index in [4.69, 9.17) is 0 Å². The Bertz CT molecular complexity index is 434. The van der Waals surface area contributed by atoms with Gasteiger partial charge in [-0.3, -0.25) is 4.79 Å². The monoisotopic (exact) mass is 258 g/mol. The minimum absolute atomic E-state index is 0.410. The van der Waals surface area contributed by atoms with Crippen molar-refractivity contribution in [2.45, 2.75) is 20.3 Å². The summed E-state index contributed by atoms with van der Waals surface area (Å²) in [4.78, 5) is 11.4. The highest BCUT2D eigenvalue weighted by Gasteiger charge is 2.20. The fourth-order valence-electron chi connectivity index (χ4n) is 1.64. The van der Waals surface area contributed by atoms with Crippen molar-refractivity contribution in [1.29, 1.82) is 0 Å². The van der Waals surface area contributed by atoms with E-state index in [1.54, 1.807) is 24.3 Å². The molecule has 19 heavy (non-hydrogen) atoms. The van der Waals surface area contributed by atoms with Crippen molar-refractivity contribution in [2.24, 2.45) is 5.92 Å². The lowest BCUT2D eigenvalue weighted by Gasteiger charge is -2.14. The molecular formula is C17H22O2. The fraction of sp³-hybridized carbons (Fsp3) is 0.235. The first-order valence-electron chi connectivity index (χ1n) is 6.23. The van der Waals surface area contributed by atoms with Crippen molar-refractivity contribution in [3.63, 3.8) is 0 Å². The second-order valence-corrected chi connectivity index (χ2v) is 3.97. The van der Waals surface area contributed by atoms with E-state index in [9.17, 15) is 9.90 Å². The summed E-state index contributed by atoms with van der Waals surface area (Å²) in [5.41, 5.74) is 1.63. The van der Waals surface area contributed by atoms with Crippen molar-refractivity contribution in [1.82, 2.24) is 0 Å². The van der Waals surface area contributed by atoms with Gasteiger partial charge < -0.3 is 5.11 Å². The Hall–Kier alpha value is -2.09. The number of carboxylic acids is 1. The van der Waals surface area contributed by atoms with Crippen molar-refractivity contribution in [2.75, 3.05) is 0 Å². The summed E-state index contributed by atoms with van der Waals surface area (Å²) in [6, 6.07) is 0. The van der Waals surface area contributed by atoms with Gasteiger partial charge in [0.15, 0.2) is 0 Å². The summed E-state index contributed by atoms with van der Waals surface area (Å²) in [6.45, 7) is 11.1. The zero-order chi connectivity index (χ0) is 14.7. The highest BCUT2D eigenvalue weighted by molar-refractivity contribution is 5.75. The molecule has 0 saturated heterocycles. The van der Waals surface area contributed by atoms with Gasteiger partial charge >= 0.3 is 5.97 Å². The summed E-state index contributed by atoms with van der Waals surface area (Å²) < 4.78 is 0. The summed E-state index contributed by atoms with van der Waals surface area (Å²) in [6.07, 6.45) is 14.7. The largest absolute Gasteiger partial charge is 0.481 e. The van der Waals surface area contributed by atoms with Crippen molar-refractivity contribution in [3.8, 4) is 0 Å². The van der Waals surface area contributed by atoms with Crippen molar-refractivity contribution in [3.05, 3.63) is 72.9 Å². The van der Waals surface area contributed by atoms with E-state index in [1.807, 2.05) is 38.2 Å². The molecule has 0 radical (unpaired) electrons. The Morgan fingerprint density at radius 2 is 1.89 bits per heavy atom. The molecule has 1 unspecified atom stereocenters. The van der Waals surface area contributed by atoms with E-state index >= 15 is 0 Å². The normalized spacial score (nSPS) is 14.8. The van der Waals surface area contributed by atoms with E-state index in [2.05, 4.69) is 13.2 Å². The second-order valence-electron chi connectivity index (χ2n) is 3.97. The molecule has 0 aliphatic carbocycles. The third-order valence-electron chi connectivity index (χ3n) is 2.57. The van der Waals surface area contributed by atoms with Gasteiger partial charge in [-0.25, -0.2) is 0 Å². The zero-order valence-electron chi connectivity index (χ0n) is 11.7. The van der Waals surface area contributed by atoms with Crippen molar-refractivity contribution >= 4 is 5.97 Å². The molecule has 0 aromatic heterocycles. The molecular weight excluding hydrogens is 236 g/mol. The number of allylic oxidation sites excluding steroid dienone is 9.